The van der Waals surface area contributed by atoms with Crippen molar-refractivity contribution in [2.24, 2.45) is 11.8 Å². The summed E-state index contributed by atoms with van der Waals surface area (Å²) < 4.78 is 1.94. The van der Waals surface area contributed by atoms with Crippen LogP contribution in [0.5, 0.6) is 0 Å². The van der Waals surface area contributed by atoms with Crippen molar-refractivity contribution >= 4 is 16.9 Å². The quantitative estimate of drug-likeness (QED) is 0.783. The first-order valence-corrected chi connectivity index (χ1v) is 10.6. The summed E-state index contributed by atoms with van der Waals surface area (Å²) in [6.45, 7) is 10.3. The maximum atomic E-state index is 13.5. The molecular weight excluding hydrogens is 336 g/mol. The Bertz CT molecular complexity index is 838. The molecule has 2 aromatic heterocycles. The van der Waals surface area contributed by atoms with Gasteiger partial charge in [0.25, 0.3) is 5.91 Å². The first kappa shape index (κ1) is 18.5. The Morgan fingerprint density at radius 3 is 2.56 bits per heavy atom. The van der Waals surface area contributed by atoms with Crippen LogP contribution in [-0.4, -0.2) is 38.7 Å². The van der Waals surface area contributed by atoms with Crippen LogP contribution in [0.2, 0.25) is 0 Å². The third-order valence-corrected chi connectivity index (χ3v) is 6.48. The van der Waals surface area contributed by atoms with Gasteiger partial charge in [0.2, 0.25) is 0 Å². The number of rotatable bonds is 3. The molecule has 5 nitrogen and oxygen atoms in total. The summed E-state index contributed by atoms with van der Waals surface area (Å²) in [5.41, 5.74) is 2.60. The normalized spacial score (nSPS) is 23.3. The number of carbonyl (C=O) groups excluding carboxylic acids is 1. The zero-order valence-electron chi connectivity index (χ0n) is 17.1. The van der Waals surface area contributed by atoms with Gasteiger partial charge < -0.3 is 4.90 Å². The van der Waals surface area contributed by atoms with Gasteiger partial charge in [-0.3, -0.25) is 4.79 Å². The van der Waals surface area contributed by atoms with Crippen LogP contribution >= 0.6 is 0 Å². The van der Waals surface area contributed by atoms with Crippen LogP contribution in [0, 0.1) is 11.8 Å². The Morgan fingerprint density at radius 1 is 1.11 bits per heavy atom. The molecule has 1 saturated heterocycles. The second-order valence-electron chi connectivity index (χ2n) is 9.01. The molecule has 5 heteroatoms. The van der Waals surface area contributed by atoms with Gasteiger partial charge in [0, 0.05) is 24.8 Å². The van der Waals surface area contributed by atoms with Crippen molar-refractivity contribution in [1.29, 1.82) is 0 Å². The molecule has 0 aromatic carbocycles. The number of hydrogen-bond acceptors (Lipinski definition) is 3. The van der Waals surface area contributed by atoms with Gasteiger partial charge in [0.05, 0.1) is 17.1 Å². The predicted molar refractivity (Wildman–Crippen MR) is 108 cm³/mol. The number of aromatic nitrogens is 3. The average Bonchev–Trinajstić information content (AvgIpc) is 3.10. The number of likely N-dealkylation sites (tertiary alicyclic amines) is 1. The lowest BCUT2D eigenvalue weighted by atomic mass is 9.75. The number of pyridine rings is 1. The summed E-state index contributed by atoms with van der Waals surface area (Å²) in [7, 11) is 0. The molecule has 0 bridgehead atoms. The average molecular weight is 369 g/mol. The smallest absolute Gasteiger partial charge is 0.254 e. The number of hydrogen-bond donors (Lipinski definition) is 0. The van der Waals surface area contributed by atoms with Crippen LogP contribution in [0.15, 0.2) is 12.3 Å². The SMILES string of the molecule is CC(C)c1cc(C(=O)N2CC[C@@H]3CCCC[C@H]3C2)c2cnn(C(C)C)c2n1. The number of fused-ring (bicyclic) bond motifs is 2. The van der Waals surface area contributed by atoms with E-state index in [1.165, 1.54) is 25.7 Å². The minimum atomic E-state index is 0.164. The largest absolute Gasteiger partial charge is 0.338 e. The molecule has 3 heterocycles. The molecule has 0 spiro atoms. The maximum Gasteiger partial charge on any atom is 0.254 e. The van der Waals surface area contributed by atoms with E-state index in [1.54, 1.807) is 0 Å². The fourth-order valence-electron chi connectivity index (χ4n) is 4.84. The predicted octanol–water partition coefficient (Wildman–Crippen LogP) is 4.79. The van der Waals surface area contributed by atoms with Crippen molar-refractivity contribution in [2.45, 2.75) is 71.8 Å². The van der Waals surface area contributed by atoms with Gasteiger partial charge in [-0.2, -0.15) is 5.10 Å². The Balaban J connectivity index is 1.70. The number of nitrogens with zero attached hydrogens (tertiary/aromatic N) is 4. The molecule has 2 fully saturated rings. The van der Waals surface area contributed by atoms with E-state index in [0.29, 0.717) is 5.92 Å². The minimum Gasteiger partial charge on any atom is -0.338 e. The lowest BCUT2D eigenvalue weighted by Crippen LogP contribution is -2.44. The number of carbonyl (C=O) groups is 1. The highest BCUT2D eigenvalue weighted by molar-refractivity contribution is 6.05. The zero-order valence-corrected chi connectivity index (χ0v) is 17.1. The standard InChI is InChI=1S/C22H32N4O/c1-14(2)20-11-18(19-12-23-26(15(3)4)21(19)24-20)22(27)25-10-9-16-7-5-6-8-17(16)13-25/h11-12,14-17H,5-10,13H2,1-4H3/t16-,17-/m0/s1. The zero-order chi connectivity index (χ0) is 19.1. The second-order valence-corrected chi connectivity index (χ2v) is 9.01. The fourth-order valence-corrected chi connectivity index (χ4v) is 4.84. The van der Waals surface area contributed by atoms with Gasteiger partial charge in [-0.15, -0.1) is 0 Å². The van der Waals surface area contributed by atoms with E-state index in [-0.39, 0.29) is 17.9 Å². The summed E-state index contributed by atoms with van der Waals surface area (Å²) in [6, 6.07) is 2.23. The summed E-state index contributed by atoms with van der Waals surface area (Å²) in [5, 5.41) is 5.42. The van der Waals surface area contributed by atoms with Gasteiger partial charge in [-0.05, 0) is 50.5 Å². The number of amides is 1. The molecule has 4 rings (SSSR count). The third-order valence-electron chi connectivity index (χ3n) is 6.48. The molecule has 1 aliphatic carbocycles. The van der Waals surface area contributed by atoms with Gasteiger partial charge in [-0.1, -0.05) is 33.1 Å². The molecule has 146 valence electrons. The summed E-state index contributed by atoms with van der Waals surface area (Å²) >= 11 is 0. The molecule has 2 aliphatic rings. The van der Waals surface area contributed by atoms with Crippen molar-refractivity contribution in [3.05, 3.63) is 23.5 Å². The Kier molecular flexibility index (Phi) is 4.95. The Labute approximate surface area is 162 Å². The monoisotopic (exact) mass is 368 g/mol. The van der Waals surface area contributed by atoms with E-state index in [0.717, 1.165) is 47.7 Å². The van der Waals surface area contributed by atoms with E-state index in [1.807, 2.05) is 16.9 Å². The molecule has 0 radical (unpaired) electrons. The topological polar surface area (TPSA) is 51.0 Å². The van der Waals surface area contributed by atoms with E-state index in [9.17, 15) is 4.79 Å². The molecule has 0 unspecified atom stereocenters. The molecule has 2 aromatic rings. The van der Waals surface area contributed by atoms with Gasteiger partial charge >= 0.3 is 0 Å². The van der Waals surface area contributed by atoms with Crippen molar-refractivity contribution in [3.63, 3.8) is 0 Å². The van der Waals surface area contributed by atoms with E-state index < -0.39 is 0 Å². The van der Waals surface area contributed by atoms with Crippen molar-refractivity contribution in [3.8, 4) is 0 Å². The molecule has 27 heavy (non-hydrogen) atoms. The molecule has 0 N–H and O–H groups in total. The molecule has 2 atom stereocenters. The second kappa shape index (κ2) is 7.25. The highest BCUT2D eigenvalue weighted by Gasteiger charge is 2.34. The summed E-state index contributed by atoms with van der Waals surface area (Å²) in [5.74, 6) is 1.96. The van der Waals surface area contributed by atoms with Gasteiger partial charge in [0.1, 0.15) is 0 Å². The van der Waals surface area contributed by atoms with Crippen molar-refractivity contribution in [2.75, 3.05) is 13.1 Å². The fraction of sp³-hybridized carbons (Fsp3) is 0.682. The molecule has 1 saturated carbocycles. The van der Waals surface area contributed by atoms with E-state index >= 15 is 0 Å². The van der Waals surface area contributed by atoms with Crippen LogP contribution in [0.25, 0.3) is 11.0 Å². The lowest BCUT2D eigenvalue weighted by molar-refractivity contribution is 0.0522. The van der Waals surface area contributed by atoms with Crippen LogP contribution in [0.3, 0.4) is 0 Å². The number of piperidine rings is 1. The van der Waals surface area contributed by atoms with E-state index in [4.69, 9.17) is 4.98 Å². The molecular formula is C22H32N4O. The summed E-state index contributed by atoms with van der Waals surface area (Å²) in [6.07, 6.45) is 8.31. The summed E-state index contributed by atoms with van der Waals surface area (Å²) in [4.78, 5) is 20.4. The minimum absolute atomic E-state index is 0.164. The van der Waals surface area contributed by atoms with Crippen LogP contribution in [0.4, 0.5) is 0 Å². The van der Waals surface area contributed by atoms with Crippen LogP contribution < -0.4 is 0 Å². The molecule has 1 aliphatic heterocycles. The van der Waals surface area contributed by atoms with Crippen LogP contribution in [-0.2, 0) is 0 Å². The molecule has 1 amide bonds. The lowest BCUT2D eigenvalue weighted by Gasteiger charge is -2.41. The first-order valence-electron chi connectivity index (χ1n) is 10.6. The Hall–Kier alpha value is -1.91. The van der Waals surface area contributed by atoms with Crippen molar-refractivity contribution in [1.82, 2.24) is 19.7 Å². The first-order chi connectivity index (χ1) is 13.0. The van der Waals surface area contributed by atoms with Gasteiger partial charge in [0.15, 0.2) is 5.65 Å². The highest BCUT2D eigenvalue weighted by atomic mass is 16.2. The maximum absolute atomic E-state index is 13.5. The van der Waals surface area contributed by atoms with Gasteiger partial charge in [-0.25, -0.2) is 9.67 Å². The van der Waals surface area contributed by atoms with E-state index in [2.05, 4.69) is 37.7 Å². The van der Waals surface area contributed by atoms with Crippen molar-refractivity contribution < 1.29 is 4.79 Å². The highest BCUT2D eigenvalue weighted by Crippen LogP contribution is 2.37. The third kappa shape index (κ3) is 3.37. The van der Waals surface area contributed by atoms with Crippen LogP contribution in [0.1, 0.15) is 87.8 Å². The Morgan fingerprint density at radius 2 is 1.85 bits per heavy atom.